The van der Waals surface area contributed by atoms with Crippen LogP contribution in [0.3, 0.4) is 0 Å². The van der Waals surface area contributed by atoms with E-state index in [4.69, 9.17) is 0 Å². The molecule has 4 atom stereocenters. The predicted octanol–water partition coefficient (Wildman–Crippen LogP) is 16.2. The number of benzene rings is 4. The van der Waals surface area contributed by atoms with Crippen molar-refractivity contribution in [3.63, 3.8) is 0 Å². The molecule has 0 spiro atoms. The van der Waals surface area contributed by atoms with E-state index in [1.165, 1.54) is 205 Å². The first-order valence-corrected chi connectivity index (χ1v) is 50.9. The molecule has 0 saturated carbocycles. The van der Waals surface area contributed by atoms with Crippen molar-refractivity contribution >= 4 is 64.0 Å². The van der Waals surface area contributed by atoms with Crippen molar-refractivity contribution in [2.45, 2.75) is 405 Å². The fraction of sp³-hybridized carbons (Fsp3) is 0.696. The molecule has 0 N–H and O–H groups in total. The van der Waals surface area contributed by atoms with Gasteiger partial charge in [0, 0.05) is 26.2 Å². The van der Waals surface area contributed by atoms with Gasteiger partial charge >= 0.3 is 39.0 Å². The van der Waals surface area contributed by atoms with Crippen molar-refractivity contribution in [2.75, 3.05) is 26.2 Å². The van der Waals surface area contributed by atoms with Crippen LogP contribution in [0.1, 0.15) is 358 Å². The van der Waals surface area contributed by atoms with Gasteiger partial charge in [0.1, 0.15) is 0 Å². The molecule has 668 valence electrons. The monoisotopic (exact) mass is 1890 g/mol. The maximum atomic E-state index is 13.1. The van der Waals surface area contributed by atoms with E-state index in [1.807, 2.05) is 48.5 Å². The molecule has 118 heavy (non-hydrogen) atoms. The van der Waals surface area contributed by atoms with Crippen LogP contribution in [0.4, 0.5) is 0 Å². The second-order valence-corrected chi connectivity index (χ2v) is 40.0. The summed E-state index contributed by atoms with van der Waals surface area (Å²) >= 11 is 0. The number of carbonyl (C=O) groups excluding carboxylic acids is 4. The number of unbranched alkanes of at least 4 members (excludes halogenated alkanes) is 36. The summed E-state index contributed by atoms with van der Waals surface area (Å²) in [5.41, 5.74) is 3.15. The van der Waals surface area contributed by atoms with Crippen LogP contribution in [0, 0.1) is 0 Å². The summed E-state index contributed by atoms with van der Waals surface area (Å²) in [7, 11) is -15.3. The second kappa shape index (κ2) is 61.1. The molecule has 0 aliphatic carbocycles. The molecule has 0 amide bonds. The van der Waals surface area contributed by atoms with Crippen LogP contribution in [0.15, 0.2) is 117 Å². The Bertz CT molecular complexity index is 3450. The van der Waals surface area contributed by atoms with Gasteiger partial charge in [0.05, 0.1) is 67.6 Å². The van der Waals surface area contributed by atoms with E-state index >= 15 is 0 Å². The second-order valence-electron chi connectivity index (χ2n) is 32.5. The number of sulfonamides is 4. The SMILES string of the molecule is CCCCCCCCCCCCc1ccccc1S(=O)(=O)N1CCC[C@@H]1C(=O)[O-].CCCCCCCCCCCCc1ccccc1S(=O)(=O)N1CCC[C@@H]1C(=O)[O-].CCCCCCCCCCCCc1ccccc1S(=O)(=O)N1CCC[C@@H]1C(=O)[O-].CCCCCCCCCCCCc1ccccc1S(=O)(=O)N1CCC[C@@H]1C(=O)[O-].[Rh+3].[Rh+3]. The minimum atomic E-state index is -3.81. The zero-order valence-electron chi connectivity index (χ0n) is 71.8. The number of carboxylic acid groups (broad SMARTS) is 4. The van der Waals surface area contributed by atoms with E-state index in [-0.39, 0.29) is 84.7 Å². The molecule has 4 aliphatic rings. The minimum absolute atomic E-state index is 0. The quantitative estimate of drug-likeness (QED) is 0.0293. The summed E-state index contributed by atoms with van der Waals surface area (Å²) in [6, 6.07) is 23.9. The maximum absolute atomic E-state index is 13.1. The number of carbonyl (C=O) groups is 4. The Labute approximate surface area is 738 Å². The summed E-state index contributed by atoms with van der Waals surface area (Å²) in [4.78, 5) is 46.3. The molecule has 0 aromatic heterocycles. The average molecular weight is 1900 g/mol. The van der Waals surface area contributed by atoms with Crippen LogP contribution in [0.2, 0.25) is 0 Å². The summed E-state index contributed by atoms with van der Waals surface area (Å²) < 4.78 is 109. The average Bonchev–Trinajstić information content (AvgIpc) is 1.65. The zero-order valence-corrected chi connectivity index (χ0v) is 78.3. The number of hydrogen-bond acceptors (Lipinski definition) is 16. The van der Waals surface area contributed by atoms with Crippen molar-refractivity contribution in [3.8, 4) is 0 Å². The Morgan fingerprint density at radius 2 is 0.398 bits per heavy atom. The number of hydrogen-bond donors (Lipinski definition) is 0. The Balaban J connectivity index is 0.000000404. The van der Waals surface area contributed by atoms with Crippen molar-refractivity contribution in [3.05, 3.63) is 119 Å². The van der Waals surface area contributed by atoms with Crippen molar-refractivity contribution < 1.29 is 112 Å². The number of rotatable bonds is 56. The Hall–Kier alpha value is -4.35. The van der Waals surface area contributed by atoms with Gasteiger partial charge in [-0.2, -0.15) is 17.2 Å². The summed E-state index contributed by atoms with van der Waals surface area (Å²) in [5.74, 6) is -5.23. The number of aryl methyl sites for hydroxylation is 4. The molecular weight excluding hydrogens is 1750 g/mol. The first-order valence-electron chi connectivity index (χ1n) is 45.2. The smallest absolute Gasteiger partial charge is 0.548 e. The van der Waals surface area contributed by atoms with Crippen molar-refractivity contribution in [1.29, 1.82) is 0 Å². The van der Waals surface area contributed by atoms with Crippen molar-refractivity contribution in [1.82, 2.24) is 17.2 Å². The van der Waals surface area contributed by atoms with Gasteiger partial charge in [0.2, 0.25) is 40.1 Å². The first kappa shape index (κ1) is 108. The van der Waals surface area contributed by atoms with E-state index in [9.17, 15) is 73.3 Å². The Morgan fingerprint density at radius 3 is 0.551 bits per heavy atom. The predicted molar refractivity (Wildman–Crippen MR) is 456 cm³/mol. The van der Waals surface area contributed by atoms with Gasteiger partial charge in [-0.3, -0.25) is 0 Å². The third-order valence-electron chi connectivity index (χ3n) is 23.3. The summed E-state index contributed by atoms with van der Waals surface area (Å²) in [6.45, 7) is 9.90. The number of aliphatic carboxylic acids is 4. The van der Waals surface area contributed by atoms with Crippen molar-refractivity contribution in [2.24, 2.45) is 0 Å². The van der Waals surface area contributed by atoms with E-state index in [2.05, 4.69) is 27.7 Å². The van der Waals surface area contributed by atoms with Gasteiger partial charge in [0.15, 0.2) is 0 Å². The summed E-state index contributed by atoms with van der Waals surface area (Å²) in [6.07, 6.45) is 55.8. The Morgan fingerprint density at radius 1 is 0.254 bits per heavy atom. The zero-order chi connectivity index (χ0) is 84.5. The number of nitrogens with zero attached hydrogens (tertiary/aromatic N) is 4. The van der Waals surface area contributed by atoms with Gasteiger partial charge in [0.25, 0.3) is 0 Å². The normalized spacial score (nSPS) is 17.3. The number of carboxylic acids is 4. The molecule has 4 heterocycles. The maximum Gasteiger partial charge on any atom is 3.00 e. The third-order valence-corrected chi connectivity index (χ3v) is 31.4. The molecule has 4 aromatic carbocycles. The van der Waals surface area contributed by atoms with Crippen LogP contribution in [0.25, 0.3) is 0 Å². The van der Waals surface area contributed by atoms with Crippen LogP contribution < -0.4 is 20.4 Å². The molecule has 4 aliphatic heterocycles. The topological polar surface area (TPSA) is 310 Å². The fourth-order valence-corrected chi connectivity index (χ4v) is 24.2. The summed E-state index contributed by atoms with van der Waals surface area (Å²) in [5, 5.41) is 45.3. The van der Waals surface area contributed by atoms with E-state index in [1.54, 1.807) is 48.5 Å². The Kier molecular flexibility index (Phi) is 55.8. The third kappa shape index (κ3) is 37.2. The molecule has 4 aromatic rings. The van der Waals surface area contributed by atoms with Gasteiger partial charge in [-0.1, -0.05) is 332 Å². The molecule has 0 radical (unpaired) electrons. The van der Waals surface area contributed by atoms with Gasteiger partial charge < -0.3 is 39.6 Å². The molecule has 8 rings (SSSR count). The van der Waals surface area contributed by atoms with Gasteiger partial charge in [-0.05, 0) is 149 Å². The molecule has 20 nitrogen and oxygen atoms in total. The molecular formula is C92H144N4O16Rh2S4+2. The molecule has 26 heteroatoms. The minimum Gasteiger partial charge on any atom is -0.548 e. The van der Waals surface area contributed by atoms with Gasteiger partial charge in [-0.25, -0.2) is 33.7 Å². The van der Waals surface area contributed by atoms with E-state index in [0.717, 1.165) is 90.8 Å². The first-order chi connectivity index (χ1) is 55.9. The van der Waals surface area contributed by atoms with Crippen LogP contribution in [0.5, 0.6) is 0 Å². The molecule has 0 unspecified atom stereocenters. The van der Waals surface area contributed by atoms with Crippen LogP contribution >= 0.6 is 0 Å². The molecule has 0 bridgehead atoms. The molecule has 4 fully saturated rings. The van der Waals surface area contributed by atoms with E-state index < -0.39 is 88.1 Å². The van der Waals surface area contributed by atoms with E-state index in [0.29, 0.717) is 77.0 Å². The fourth-order valence-electron chi connectivity index (χ4n) is 16.6. The standard InChI is InChI=1S/4C23H37NO4S.2Rh/c4*1-2-3-4-5-6-7-8-9-10-11-15-20-16-12-13-18-22(20)29(27,28)24-19-14-17-21(24)23(25)26;;/h4*12-13,16,18,21H,2-11,14-15,17,19H2,1H3,(H,25,26);;/q;;;;2*+3/p-4/t4*21-;;/m1111../s1. The van der Waals surface area contributed by atoms with Gasteiger partial charge in [-0.15, -0.1) is 0 Å². The van der Waals surface area contributed by atoms with Crippen LogP contribution in [-0.2, 0) is 124 Å². The molecule has 4 saturated heterocycles. The van der Waals surface area contributed by atoms with Crippen LogP contribution in [-0.4, -0.2) is 125 Å². The largest absolute Gasteiger partial charge is 3.00 e.